The van der Waals surface area contributed by atoms with Crippen molar-refractivity contribution in [1.29, 1.82) is 5.26 Å². The zero-order valence-corrected chi connectivity index (χ0v) is 8.06. The first-order valence-corrected chi connectivity index (χ1v) is 4.28. The summed E-state index contributed by atoms with van der Waals surface area (Å²) in [6, 6.07) is 4.38. The summed E-state index contributed by atoms with van der Waals surface area (Å²) in [6.45, 7) is 0. The van der Waals surface area contributed by atoms with Crippen molar-refractivity contribution in [3.05, 3.63) is 29.8 Å². The Hall–Kier alpha value is -2.43. The Kier molecular flexibility index (Phi) is 2.51. The van der Waals surface area contributed by atoms with Crippen molar-refractivity contribution in [3.8, 4) is 17.5 Å². The Balaban J connectivity index is 2.41. The molecule has 8 heteroatoms. The maximum Gasteiger partial charge on any atom is 0.455 e. The molecule has 0 aromatic carbocycles. The van der Waals surface area contributed by atoms with E-state index in [1.807, 2.05) is 0 Å². The van der Waals surface area contributed by atoms with Gasteiger partial charge in [0, 0.05) is 11.8 Å². The van der Waals surface area contributed by atoms with E-state index in [1.165, 1.54) is 18.3 Å². The number of aromatic nitrogens is 3. The van der Waals surface area contributed by atoms with Gasteiger partial charge in [-0.1, -0.05) is 5.16 Å². The molecule has 0 aliphatic carbocycles. The van der Waals surface area contributed by atoms with Crippen LogP contribution in [0.3, 0.4) is 0 Å². The maximum absolute atomic E-state index is 12.2. The molecule has 0 aliphatic rings. The highest BCUT2D eigenvalue weighted by Gasteiger charge is 2.37. The largest absolute Gasteiger partial charge is 0.455 e. The topological polar surface area (TPSA) is 75.6 Å². The Morgan fingerprint density at radius 3 is 2.71 bits per heavy atom. The average Bonchev–Trinajstić information content (AvgIpc) is 2.78. The molecule has 0 fully saturated rings. The third-order valence-corrected chi connectivity index (χ3v) is 1.80. The van der Waals surface area contributed by atoms with Gasteiger partial charge in [0.25, 0.3) is 11.7 Å². The summed E-state index contributed by atoms with van der Waals surface area (Å²) in [5.41, 5.74) is 0.258. The van der Waals surface area contributed by atoms with Crippen molar-refractivity contribution in [3.63, 3.8) is 0 Å². The Morgan fingerprint density at radius 2 is 2.12 bits per heavy atom. The minimum absolute atomic E-state index is 0.0502. The molecule has 2 heterocycles. The SMILES string of the molecule is N#Cc1cc(-c2nc(C(F)(F)F)no2)ccn1. The molecule has 0 atom stereocenters. The number of pyridine rings is 1. The molecule has 0 saturated carbocycles. The zero-order valence-electron chi connectivity index (χ0n) is 8.06. The van der Waals surface area contributed by atoms with Gasteiger partial charge in [-0.3, -0.25) is 0 Å². The normalized spacial score (nSPS) is 11.2. The Morgan fingerprint density at radius 1 is 1.35 bits per heavy atom. The molecule has 0 radical (unpaired) electrons. The van der Waals surface area contributed by atoms with Gasteiger partial charge in [0.15, 0.2) is 0 Å². The van der Waals surface area contributed by atoms with E-state index < -0.39 is 12.0 Å². The van der Waals surface area contributed by atoms with Gasteiger partial charge in [0.05, 0.1) is 0 Å². The lowest BCUT2D eigenvalue weighted by atomic mass is 10.2. The van der Waals surface area contributed by atoms with E-state index in [1.54, 1.807) is 6.07 Å². The van der Waals surface area contributed by atoms with E-state index in [0.717, 1.165) is 0 Å². The van der Waals surface area contributed by atoms with Crippen LogP contribution < -0.4 is 0 Å². The molecule has 86 valence electrons. The summed E-state index contributed by atoms with van der Waals surface area (Å²) in [4.78, 5) is 6.85. The highest BCUT2D eigenvalue weighted by Crippen LogP contribution is 2.28. The van der Waals surface area contributed by atoms with E-state index in [2.05, 4.69) is 19.6 Å². The molecule has 0 saturated heterocycles. The lowest BCUT2D eigenvalue weighted by molar-refractivity contribution is -0.146. The molecule has 0 amide bonds. The molecular formula is C9H3F3N4O. The molecule has 0 aliphatic heterocycles. The van der Waals surface area contributed by atoms with Crippen molar-refractivity contribution in [2.24, 2.45) is 0 Å². The average molecular weight is 240 g/mol. The number of nitriles is 1. The lowest BCUT2D eigenvalue weighted by Crippen LogP contribution is -2.07. The number of hydrogen-bond donors (Lipinski definition) is 0. The molecular weight excluding hydrogens is 237 g/mol. The number of halogens is 3. The van der Waals surface area contributed by atoms with Gasteiger partial charge in [-0.2, -0.15) is 23.4 Å². The zero-order chi connectivity index (χ0) is 12.5. The highest BCUT2D eigenvalue weighted by atomic mass is 19.4. The van der Waals surface area contributed by atoms with Gasteiger partial charge in [-0.25, -0.2) is 4.98 Å². The molecule has 0 unspecified atom stereocenters. The molecule has 2 aromatic heterocycles. The molecule has 2 rings (SSSR count). The standard InChI is InChI=1S/C9H3F3N4O/c10-9(11,12)8-15-7(17-16-8)5-1-2-14-6(3-5)4-13/h1-3H. The summed E-state index contributed by atoms with van der Waals surface area (Å²) in [7, 11) is 0. The smallest absolute Gasteiger partial charge is 0.334 e. The van der Waals surface area contributed by atoms with Crippen LogP contribution in [0.2, 0.25) is 0 Å². The van der Waals surface area contributed by atoms with E-state index in [4.69, 9.17) is 5.26 Å². The minimum Gasteiger partial charge on any atom is -0.334 e. The van der Waals surface area contributed by atoms with Crippen LogP contribution in [0.5, 0.6) is 0 Å². The van der Waals surface area contributed by atoms with E-state index in [-0.39, 0.29) is 17.1 Å². The highest BCUT2D eigenvalue weighted by molar-refractivity contribution is 5.54. The number of alkyl halides is 3. The van der Waals surface area contributed by atoms with Crippen LogP contribution >= 0.6 is 0 Å². The first kappa shape index (κ1) is 11.1. The number of hydrogen-bond acceptors (Lipinski definition) is 5. The predicted octanol–water partition coefficient (Wildman–Crippen LogP) is 2.02. The third kappa shape index (κ3) is 2.23. The molecule has 0 bridgehead atoms. The third-order valence-electron chi connectivity index (χ3n) is 1.80. The van der Waals surface area contributed by atoms with Crippen LogP contribution in [-0.4, -0.2) is 15.1 Å². The fourth-order valence-corrected chi connectivity index (χ4v) is 1.08. The molecule has 5 nitrogen and oxygen atoms in total. The van der Waals surface area contributed by atoms with Crippen LogP contribution in [0.25, 0.3) is 11.5 Å². The second-order valence-electron chi connectivity index (χ2n) is 2.96. The van der Waals surface area contributed by atoms with Crippen LogP contribution in [0.1, 0.15) is 11.5 Å². The number of nitrogens with zero attached hydrogens (tertiary/aromatic N) is 4. The monoisotopic (exact) mass is 240 g/mol. The van der Waals surface area contributed by atoms with Crippen LogP contribution in [0.4, 0.5) is 13.2 Å². The van der Waals surface area contributed by atoms with Crippen LogP contribution in [0, 0.1) is 11.3 Å². The van der Waals surface area contributed by atoms with E-state index in [9.17, 15) is 13.2 Å². The van der Waals surface area contributed by atoms with Gasteiger partial charge >= 0.3 is 6.18 Å². The maximum atomic E-state index is 12.2. The Labute approximate surface area is 92.5 Å². The predicted molar refractivity (Wildman–Crippen MR) is 47.2 cm³/mol. The second-order valence-corrected chi connectivity index (χ2v) is 2.96. The van der Waals surface area contributed by atoms with Crippen molar-refractivity contribution in [1.82, 2.24) is 15.1 Å². The summed E-state index contributed by atoms with van der Waals surface area (Å²) in [5.74, 6) is -1.67. The van der Waals surface area contributed by atoms with Crippen molar-refractivity contribution >= 4 is 0 Å². The lowest BCUT2D eigenvalue weighted by Gasteiger charge is -1.96. The van der Waals surface area contributed by atoms with Crippen LogP contribution in [-0.2, 0) is 6.18 Å². The van der Waals surface area contributed by atoms with Crippen molar-refractivity contribution in [2.75, 3.05) is 0 Å². The quantitative estimate of drug-likeness (QED) is 0.762. The summed E-state index contributed by atoms with van der Waals surface area (Å²) in [6.07, 6.45) is -3.39. The first-order valence-electron chi connectivity index (χ1n) is 4.28. The molecule has 0 N–H and O–H groups in total. The fraction of sp³-hybridized carbons (Fsp3) is 0.111. The van der Waals surface area contributed by atoms with Gasteiger partial charge in [0.1, 0.15) is 11.8 Å². The van der Waals surface area contributed by atoms with Crippen LogP contribution in [0.15, 0.2) is 22.9 Å². The van der Waals surface area contributed by atoms with Gasteiger partial charge in [-0.05, 0) is 12.1 Å². The molecule has 2 aromatic rings. The van der Waals surface area contributed by atoms with Gasteiger partial charge < -0.3 is 4.52 Å². The van der Waals surface area contributed by atoms with E-state index in [0.29, 0.717) is 0 Å². The first-order chi connectivity index (χ1) is 8.00. The summed E-state index contributed by atoms with van der Waals surface area (Å²) < 4.78 is 41.1. The minimum atomic E-state index is -4.66. The molecule has 17 heavy (non-hydrogen) atoms. The Bertz CT molecular complexity index is 584. The van der Waals surface area contributed by atoms with Crippen molar-refractivity contribution in [2.45, 2.75) is 6.18 Å². The summed E-state index contributed by atoms with van der Waals surface area (Å²) in [5, 5.41) is 11.4. The fourth-order valence-electron chi connectivity index (χ4n) is 1.08. The molecule has 0 spiro atoms. The van der Waals surface area contributed by atoms with Gasteiger partial charge in [-0.15, -0.1) is 0 Å². The second kappa shape index (κ2) is 3.86. The van der Waals surface area contributed by atoms with Crippen molar-refractivity contribution < 1.29 is 17.7 Å². The number of rotatable bonds is 1. The van der Waals surface area contributed by atoms with E-state index >= 15 is 0 Å². The summed E-state index contributed by atoms with van der Waals surface area (Å²) >= 11 is 0. The van der Waals surface area contributed by atoms with Gasteiger partial charge in [0.2, 0.25) is 0 Å².